The van der Waals surface area contributed by atoms with E-state index in [4.69, 9.17) is 4.42 Å². The van der Waals surface area contributed by atoms with E-state index in [-0.39, 0.29) is 23.5 Å². The third kappa shape index (κ3) is 4.79. The summed E-state index contributed by atoms with van der Waals surface area (Å²) in [7, 11) is 5.00. The summed E-state index contributed by atoms with van der Waals surface area (Å²) in [6.45, 7) is 0. The van der Waals surface area contributed by atoms with Crippen LogP contribution in [0.5, 0.6) is 0 Å². The van der Waals surface area contributed by atoms with Gasteiger partial charge in [-0.25, -0.2) is 0 Å². The number of benzene rings is 1. The van der Waals surface area contributed by atoms with Gasteiger partial charge in [-0.2, -0.15) is 0 Å². The maximum atomic E-state index is 12.9. The number of likely N-dealkylation sites (N-methyl/N-ethyl adjacent to an activating group) is 1. The van der Waals surface area contributed by atoms with Crippen LogP contribution < -0.4 is 10.6 Å². The van der Waals surface area contributed by atoms with Crippen molar-refractivity contribution in [1.82, 2.24) is 20.5 Å². The van der Waals surface area contributed by atoms with E-state index in [2.05, 4.69) is 15.6 Å². The number of H-pyrrole nitrogens is 1. The second kappa shape index (κ2) is 9.52. The van der Waals surface area contributed by atoms with Crippen LogP contribution >= 0.6 is 0 Å². The zero-order valence-electron chi connectivity index (χ0n) is 19.2. The maximum Gasteiger partial charge on any atom is 0.287 e. The number of amides is 3. The average Bonchev–Trinajstić information content (AvgIpc) is 3.49. The lowest BCUT2D eigenvalue weighted by atomic mass is 9.83. The molecule has 4 rings (SSSR count). The van der Waals surface area contributed by atoms with E-state index in [1.54, 1.807) is 33.3 Å². The lowest BCUT2D eigenvalue weighted by Gasteiger charge is -2.29. The molecule has 1 aliphatic rings. The maximum absolute atomic E-state index is 12.9. The molecule has 1 aliphatic carbocycles. The molecule has 0 aliphatic heterocycles. The molecule has 0 bridgehead atoms. The lowest BCUT2D eigenvalue weighted by Crippen LogP contribution is -2.50. The van der Waals surface area contributed by atoms with Crippen LogP contribution in [-0.2, 0) is 4.79 Å². The van der Waals surface area contributed by atoms with Crippen molar-refractivity contribution >= 4 is 28.6 Å². The molecule has 0 spiro atoms. The van der Waals surface area contributed by atoms with Gasteiger partial charge in [0.2, 0.25) is 5.91 Å². The fourth-order valence-electron chi connectivity index (χ4n) is 4.48. The highest BCUT2D eigenvalue weighted by atomic mass is 16.4. The number of aromatic nitrogens is 1. The van der Waals surface area contributed by atoms with Gasteiger partial charge >= 0.3 is 0 Å². The summed E-state index contributed by atoms with van der Waals surface area (Å²) in [6, 6.07) is 10.3. The minimum Gasteiger partial charge on any atom is -0.451 e. The Kier molecular flexibility index (Phi) is 6.53. The van der Waals surface area contributed by atoms with Gasteiger partial charge in [-0.05, 0) is 43.0 Å². The fraction of sp³-hybridized carbons (Fsp3) is 0.400. The summed E-state index contributed by atoms with van der Waals surface area (Å²) in [5.74, 6) is 0.137. The van der Waals surface area contributed by atoms with E-state index in [1.165, 1.54) is 11.3 Å². The normalized spacial score (nSPS) is 15.2. The SMILES string of the molecule is CNC(=O)C(NC(=O)c1ccc(-c2ccc3cc(C(=O)N(C)C)[nH]c3c2)o1)C1CCCCC1. The third-order valence-corrected chi connectivity index (χ3v) is 6.31. The van der Waals surface area contributed by atoms with Crippen molar-refractivity contribution in [3.05, 3.63) is 47.9 Å². The van der Waals surface area contributed by atoms with E-state index >= 15 is 0 Å². The van der Waals surface area contributed by atoms with E-state index in [9.17, 15) is 14.4 Å². The summed E-state index contributed by atoms with van der Waals surface area (Å²) < 4.78 is 5.84. The molecule has 2 heterocycles. The van der Waals surface area contributed by atoms with Gasteiger partial charge in [0.1, 0.15) is 17.5 Å². The number of carbonyl (C=O) groups is 3. The summed E-state index contributed by atoms with van der Waals surface area (Å²) in [5.41, 5.74) is 2.09. The smallest absolute Gasteiger partial charge is 0.287 e. The number of hydrogen-bond acceptors (Lipinski definition) is 4. The molecule has 3 N–H and O–H groups in total. The third-order valence-electron chi connectivity index (χ3n) is 6.31. The van der Waals surface area contributed by atoms with E-state index in [1.807, 2.05) is 24.3 Å². The predicted octanol–water partition coefficient (Wildman–Crippen LogP) is 3.55. The van der Waals surface area contributed by atoms with Crippen LogP contribution in [0.25, 0.3) is 22.2 Å². The first-order chi connectivity index (χ1) is 15.9. The largest absolute Gasteiger partial charge is 0.451 e. The number of aromatic amines is 1. The summed E-state index contributed by atoms with van der Waals surface area (Å²) >= 11 is 0. The Labute approximate surface area is 192 Å². The van der Waals surface area contributed by atoms with Crippen molar-refractivity contribution in [3.63, 3.8) is 0 Å². The highest BCUT2D eigenvalue weighted by Gasteiger charge is 2.31. The van der Waals surface area contributed by atoms with E-state index in [0.29, 0.717) is 11.5 Å². The quantitative estimate of drug-likeness (QED) is 0.534. The molecule has 8 heteroatoms. The number of rotatable bonds is 6. The van der Waals surface area contributed by atoms with Crippen molar-refractivity contribution in [3.8, 4) is 11.3 Å². The molecule has 0 saturated heterocycles. The van der Waals surface area contributed by atoms with Crippen LogP contribution in [0.1, 0.15) is 53.1 Å². The molecule has 0 radical (unpaired) electrons. The second-order valence-corrected chi connectivity index (χ2v) is 8.81. The number of hydrogen-bond donors (Lipinski definition) is 3. The summed E-state index contributed by atoms with van der Waals surface area (Å²) in [4.78, 5) is 42.2. The average molecular weight is 451 g/mol. The van der Waals surface area contributed by atoms with Crippen LogP contribution in [0.3, 0.4) is 0 Å². The van der Waals surface area contributed by atoms with Crippen LogP contribution in [-0.4, -0.2) is 54.8 Å². The van der Waals surface area contributed by atoms with Gasteiger partial charge in [0.15, 0.2) is 5.76 Å². The van der Waals surface area contributed by atoms with E-state index < -0.39 is 11.9 Å². The highest BCUT2D eigenvalue weighted by molar-refractivity contribution is 5.99. The zero-order chi connectivity index (χ0) is 23.5. The second-order valence-electron chi connectivity index (χ2n) is 8.81. The van der Waals surface area contributed by atoms with Gasteiger partial charge in [-0.3, -0.25) is 14.4 Å². The molecule has 3 aromatic rings. The number of carbonyl (C=O) groups excluding carboxylic acids is 3. The monoisotopic (exact) mass is 450 g/mol. The van der Waals surface area contributed by atoms with Gasteiger partial charge in [-0.15, -0.1) is 0 Å². The molecule has 8 nitrogen and oxygen atoms in total. The molecule has 1 aromatic carbocycles. The van der Waals surface area contributed by atoms with Crippen molar-refractivity contribution in [2.24, 2.45) is 5.92 Å². The van der Waals surface area contributed by atoms with Gasteiger partial charge in [-0.1, -0.05) is 31.4 Å². The van der Waals surface area contributed by atoms with E-state index in [0.717, 1.165) is 42.1 Å². The predicted molar refractivity (Wildman–Crippen MR) is 126 cm³/mol. The van der Waals surface area contributed by atoms with Crippen molar-refractivity contribution in [2.75, 3.05) is 21.1 Å². The van der Waals surface area contributed by atoms with Gasteiger partial charge in [0, 0.05) is 37.6 Å². The standard InChI is InChI=1S/C25H30N4O4/c1-26-24(31)22(15-7-5-4-6-8-15)28-23(30)21-12-11-20(33-21)17-10-9-16-13-19(25(32)29(2)3)27-18(16)14-17/h9-15,22,27H,4-8H2,1-3H3,(H,26,31)(H,28,30). The number of nitrogens with one attached hydrogen (secondary N) is 3. The topological polar surface area (TPSA) is 107 Å². The van der Waals surface area contributed by atoms with Crippen molar-refractivity contribution < 1.29 is 18.8 Å². The van der Waals surface area contributed by atoms with Crippen LogP contribution in [0.4, 0.5) is 0 Å². The number of fused-ring (bicyclic) bond motifs is 1. The molecule has 1 saturated carbocycles. The van der Waals surface area contributed by atoms with Gasteiger partial charge in [0.05, 0.1) is 0 Å². The fourth-order valence-corrected chi connectivity index (χ4v) is 4.48. The summed E-state index contributed by atoms with van der Waals surface area (Å²) in [5, 5.41) is 6.46. The van der Waals surface area contributed by atoms with Crippen LogP contribution in [0.2, 0.25) is 0 Å². The van der Waals surface area contributed by atoms with Gasteiger partial charge in [0.25, 0.3) is 11.8 Å². The Hall–Kier alpha value is -3.55. The Bertz CT molecular complexity index is 1170. The molecular weight excluding hydrogens is 420 g/mol. The molecular formula is C25H30N4O4. The first kappa shape index (κ1) is 22.6. The minimum absolute atomic E-state index is 0.103. The van der Waals surface area contributed by atoms with Crippen molar-refractivity contribution in [1.29, 1.82) is 0 Å². The van der Waals surface area contributed by atoms with Crippen molar-refractivity contribution in [2.45, 2.75) is 38.1 Å². The van der Waals surface area contributed by atoms with Gasteiger partial charge < -0.3 is 24.9 Å². The molecule has 3 amide bonds. The number of nitrogens with zero attached hydrogens (tertiary/aromatic N) is 1. The molecule has 1 fully saturated rings. The molecule has 1 atom stereocenters. The Balaban J connectivity index is 1.52. The van der Waals surface area contributed by atoms with Crippen LogP contribution in [0.15, 0.2) is 40.8 Å². The molecule has 2 aromatic heterocycles. The Morgan fingerprint density at radius 3 is 2.52 bits per heavy atom. The minimum atomic E-state index is -0.570. The van der Waals surface area contributed by atoms with Crippen LogP contribution in [0, 0.1) is 5.92 Å². The lowest BCUT2D eigenvalue weighted by molar-refractivity contribution is -0.124. The summed E-state index contributed by atoms with van der Waals surface area (Å²) in [6.07, 6.45) is 5.17. The zero-order valence-corrected chi connectivity index (χ0v) is 19.2. The molecule has 1 unspecified atom stereocenters. The number of furan rings is 1. The molecule has 174 valence electrons. The molecule has 33 heavy (non-hydrogen) atoms. The first-order valence-corrected chi connectivity index (χ1v) is 11.3. The Morgan fingerprint density at radius 2 is 1.82 bits per heavy atom. The highest BCUT2D eigenvalue weighted by Crippen LogP contribution is 2.29. The Morgan fingerprint density at radius 1 is 1.06 bits per heavy atom. The first-order valence-electron chi connectivity index (χ1n) is 11.3.